The molecular formula is C19H14F3N8O2+. The van der Waals surface area contributed by atoms with Crippen LogP contribution in [0, 0.1) is 0 Å². The second kappa shape index (κ2) is 8.75. The first kappa shape index (κ1) is 20.8. The fraction of sp³-hybridized carbons (Fsp3) is 0.105. The Morgan fingerprint density at radius 2 is 1.81 bits per heavy atom. The van der Waals surface area contributed by atoms with E-state index < -0.39 is 17.8 Å². The molecule has 0 aliphatic carbocycles. The summed E-state index contributed by atoms with van der Waals surface area (Å²) in [5, 5.41) is 8.37. The van der Waals surface area contributed by atoms with Gasteiger partial charge < -0.3 is 5.32 Å². The zero-order chi connectivity index (χ0) is 22.6. The van der Waals surface area contributed by atoms with Crippen molar-refractivity contribution in [3.63, 3.8) is 0 Å². The van der Waals surface area contributed by atoms with E-state index in [0.29, 0.717) is 11.9 Å². The van der Waals surface area contributed by atoms with Crippen LogP contribution in [0.1, 0.15) is 11.3 Å². The van der Waals surface area contributed by atoms with Gasteiger partial charge in [-0.05, 0) is 16.8 Å². The first-order chi connectivity index (χ1) is 15.4. The number of hydrogen-bond donors (Lipinski definition) is 2. The molecule has 4 rings (SSSR count). The largest absolute Gasteiger partial charge is 0.417 e. The van der Waals surface area contributed by atoms with E-state index in [9.17, 15) is 18.0 Å². The van der Waals surface area contributed by atoms with Crippen molar-refractivity contribution in [2.75, 3.05) is 10.6 Å². The lowest BCUT2D eigenvalue weighted by molar-refractivity contribution is -0.755. The minimum atomic E-state index is -4.57. The van der Waals surface area contributed by atoms with E-state index in [2.05, 4.69) is 35.8 Å². The number of amides is 2. The summed E-state index contributed by atoms with van der Waals surface area (Å²) in [6.07, 6.45) is 5.05. The monoisotopic (exact) mass is 443 g/mol. The predicted octanol–water partition coefficient (Wildman–Crippen LogP) is 2.92. The Hall–Kier alpha value is -4.42. The van der Waals surface area contributed by atoms with Crippen LogP contribution in [-0.4, -0.2) is 31.2 Å². The van der Waals surface area contributed by atoms with Crippen LogP contribution < -0.4 is 15.3 Å². The number of rotatable bonds is 5. The van der Waals surface area contributed by atoms with Gasteiger partial charge in [-0.2, -0.15) is 13.2 Å². The summed E-state index contributed by atoms with van der Waals surface area (Å²) in [5.41, 5.74) is 1.25. The maximum absolute atomic E-state index is 12.7. The summed E-state index contributed by atoms with van der Waals surface area (Å²) in [6, 6.07) is 3.60. The zero-order valence-corrected chi connectivity index (χ0v) is 16.1. The maximum atomic E-state index is 12.7. The average molecular weight is 443 g/mol. The molecule has 0 aromatic carbocycles. The molecule has 4 aromatic heterocycles. The van der Waals surface area contributed by atoms with Crippen LogP contribution in [-0.2, 0) is 12.7 Å². The smallest absolute Gasteiger partial charge is 0.306 e. The topological polar surface area (TPSA) is 123 Å². The van der Waals surface area contributed by atoms with E-state index in [-0.39, 0.29) is 18.1 Å². The van der Waals surface area contributed by atoms with E-state index in [1.54, 1.807) is 24.7 Å². The van der Waals surface area contributed by atoms with Crippen molar-refractivity contribution in [2.45, 2.75) is 12.7 Å². The van der Waals surface area contributed by atoms with Crippen molar-refractivity contribution in [3.8, 4) is 11.1 Å². The van der Waals surface area contributed by atoms with Gasteiger partial charge in [0.1, 0.15) is 12.0 Å². The third kappa shape index (κ3) is 5.19. The van der Waals surface area contributed by atoms with Crippen LogP contribution in [0.25, 0.3) is 11.1 Å². The molecule has 2 N–H and O–H groups in total. The number of urea groups is 1. The van der Waals surface area contributed by atoms with E-state index in [1.807, 2.05) is 6.07 Å². The van der Waals surface area contributed by atoms with E-state index in [1.165, 1.54) is 17.2 Å². The Morgan fingerprint density at radius 1 is 1.00 bits per heavy atom. The zero-order valence-electron chi connectivity index (χ0n) is 16.1. The lowest BCUT2D eigenvalue weighted by Gasteiger charge is -2.08. The standard InChI is InChI=1S/C19H13F3N8O2/c20-19(21,22)14-3-16(8-23-7-14)27-18(31)28-17-10-30(29-32-17)9-15-2-1-12(6-26-15)13-4-24-11-25-5-13/h1-8,10-11H,9H2,(H-,27,28,29,31)/p+1. The highest BCUT2D eigenvalue weighted by molar-refractivity contribution is 5.98. The molecule has 0 saturated carbocycles. The molecule has 2 amide bonds. The van der Waals surface area contributed by atoms with Crippen LogP contribution in [0.5, 0.6) is 0 Å². The maximum Gasteiger partial charge on any atom is 0.417 e. The molecule has 0 aliphatic rings. The second-order valence-corrected chi connectivity index (χ2v) is 6.47. The van der Waals surface area contributed by atoms with Gasteiger partial charge in [0, 0.05) is 35.9 Å². The predicted molar refractivity (Wildman–Crippen MR) is 103 cm³/mol. The summed E-state index contributed by atoms with van der Waals surface area (Å²) in [7, 11) is 0. The van der Waals surface area contributed by atoms with Gasteiger partial charge in [-0.15, -0.1) is 0 Å². The molecule has 0 saturated heterocycles. The van der Waals surface area contributed by atoms with Crippen LogP contribution in [0.4, 0.5) is 29.5 Å². The number of carbonyl (C=O) groups is 1. The SMILES string of the molecule is O=C(Nc1cncc(C(F)(F)F)c1)Nc1c[n+](Cc2ccc(-c3cncnc3)cn2)no1. The van der Waals surface area contributed by atoms with Crippen molar-refractivity contribution in [3.05, 3.63) is 73.0 Å². The van der Waals surface area contributed by atoms with Gasteiger partial charge in [0.05, 0.1) is 17.4 Å². The Kier molecular flexibility index (Phi) is 5.70. The van der Waals surface area contributed by atoms with Gasteiger partial charge in [0.2, 0.25) is 11.8 Å². The molecule has 0 atom stereocenters. The molecule has 0 fully saturated rings. The van der Waals surface area contributed by atoms with Gasteiger partial charge in [-0.3, -0.25) is 19.8 Å². The molecule has 10 nitrogen and oxygen atoms in total. The van der Waals surface area contributed by atoms with Crippen LogP contribution in [0.2, 0.25) is 0 Å². The number of anilines is 2. The fourth-order valence-corrected chi connectivity index (χ4v) is 2.65. The molecular weight excluding hydrogens is 429 g/mol. The van der Waals surface area contributed by atoms with Gasteiger partial charge in [-0.25, -0.2) is 14.8 Å². The number of carbonyl (C=O) groups excluding carboxylic acids is 1. The van der Waals surface area contributed by atoms with Crippen molar-refractivity contribution >= 4 is 17.6 Å². The minimum Gasteiger partial charge on any atom is -0.306 e. The van der Waals surface area contributed by atoms with Crippen LogP contribution in [0.15, 0.2) is 66.2 Å². The summed E-state index contributed by atoms with van der Waals surface area (Å²) in [6.45, 7) is 0.260. The average Bonchev–Trinajstić information content (AvgIpc) is 3.21. The summed E-state index contributed by atoms with van der Waals surface area (Å²) in [4.78, 5) is 27.8. The van der Waals surface area contributed by atoms with E-state index in [0.717, 1.165) is 23.4 Å². The number of hydrogen-bond acceptors (Lipinski definition) is 7. The number of nitrogens with zero attached hydrogens (tertiary/aromatic N) is 6. The lowest BCUT2D eigenvalue weighted by Crippen LogP contribution is -2.35. The summed E-state index contributed by atoms with van der Waals surface area (Å²) < 4.78 is 44.6. The number of pyridine rings is 2. The second-order valence-electron chi connectivity index (χ2n) is 6.47. The van der Waals surface area contributed by atoms with Gasteiger partial charge >= 0.3 is 18.1 Å². The van der Waals surface area contributed by atoms with Crippen molar-refractivity contribution in [2.24, 2.45) is 0 Å². The molecule has 0 bridgehead atoms. The highest BCUT2D eigenvalue weighted by Crippen LogP contribution is 2.29. The Labute approximate surface area is 178 Å². The summed E-state index contributed by atoms with van der Waals surface area (Å²) >= 11 is 0. The molecule has 162 valence electrons. The molecule has 13 heteroatoms. The quantitative estimate of drug-likeness (QED) is 0.455. The Morgan fingerprint density at radius 3 is 2.53 bits per heavy atom. The molecule has 32 heavy (non-hydrogen) atoms. The van der Waals surface area contributed by atoms with E-state index >= 15 is 0 Å². The van der Waals surface area contributed by atoms with E-state index in [4.69, 9.17) is 4.52 Å². The van der Waals surface area contributed by atoms with Crippen molar-refractivity contribution < 1.29 is 27.2 Å². The van der Waals surface area contributed by atoms with Gasteiger partial charge in [0.25, 0.3) is 6.20 Å². The molecule has 4 aromatic rings. The van der Waals surface area contributed by atoms with Crippen LogP contribution >= 0.6 is 0 Å². The summed E-state index contributed by atoms with van der Waals surface area (Å²) in [5.74, 6) is -0.0134. The highest BCUT2D eigenvalue weighted by atomic mass is 19.4. The van der Waals surface area contributed by atoms with Gasteiger partial charge in [0.15, 0.2) is 0 Å². The normalized spacial score (nSPS) is 11.2. The Balaban J connectivity index is 1.35. The molecule has 0 spiro atoms. The third-order valence-corrected chi connectivity index (χ3v) is 4.11. The third-order valence-electron chi connectivity index (χ3n) is 4.11. The molecule has 0 radical (unpaired) electrons. The fourth-order valence-electron chi connectivity index (χ4n) is 2.65. The number of nitrogens with one attached hydrogen (secondary N) is 2. The first-order valence-electron chi connectivity index (χ1n) is 9.04. The van der Waals surface area contributed by atoms with Crippen LogP contribution in [0.3, 0.4) is 0 Å². The molecule has 0 aliphatic heterocycles. The lowest BCUT2D eigenvalue weighted by atomic mass is 10.1. The van der Waals surface area contributed by atoms with Crippen molar-refractivity contribution in [1.82, 2.24) is 25.2 Å². The molecule has 4 heterocycles. The van der Waals surface area contributed by atoms with Crippen molar-refractivity contribution in [1.29, 1.82) is 0 Å². The number of halogens is 3. The Bertz CT molecular complexity index is 1210. The highest BCUT2D eigenvalue weighted by Gasteiger charge is 2.31. The first-order valence-corrected chi connectivity index (χ1v) is 9.04. The molecule has 0 unspecified atom stereocenters. The minimum absolute atomic E-state index is 0.0134. The number of alkyl halides is 3. The van der Waals surface area contributed by atoms with Gasteiger partial charge in [-0.1, -0.05) is 6.07 Å². The number of aromatic nitrogens is 6.